The van der Waals surface area contributed by atoms with E-state index in [-0.39, 0.29) is 0 Å². The molecule has 0 aliphatic heterocycles. The quantitative estimate of drug-likeness (QED) is 0.855. The Bertz CT molecular complexity index is 632. The number of hydrogen-bond donors (Lipinski definition) is 1. The summed E-state index contributed by atoms with van der Waals surface area (Å²) < 4.78 is 43.6. The lowest BCUT2D eigenvalue weighted by Gasteiger charge is -2.09. The first kappa shape index (κ1) is 14.0. The molecule has 21 heavy (non-hydrogen) atoms. The van der Waals surface area contributed by atoms with Crippen LogP contribution in [-0.4, -0.2) is 0 Å². The van der Waals surface area contributed by atoms with Gasteiger partial charge in [0.05, 0.1) is 12.1 Å². The van der Waals surface area contributed by atoms with Gasteiger partial charge in [0.1, 0.15) is 11.5 Å². The van der Waals surface area contributed by atoms with E-state index in [9.17, 15) is 13.2 Å². The highest BCUT2D eigenvalue weighted by atomic mass is 19.4. The van der Waals surface area contributed by atoms with E-state index < -0.39 is 11.7 Å². The van der Waals surface area contributed by atoms with E-state index in [1.807, 2.05) is 12.1 Å². The van der Waals surface area contributed by atoms with Crippen molar-refractivity contribution in [1.82, 2.24) is 0 Å². The minimum Gasteiger partial charge on any atom is -0.464 e. The second kappa shape index (κ2) is 5.13. The van der Waals surface area contributed by atoms with Crippen LogP contribution in [0.5, 0.6) is 0 Å². The van der Waals surface area contributed by atoms with Gasteiger partial charge in [-0.2, -0.15) is 13.2 Å². The summed E-state index contributed by atoms with van der Waals surface area (Å²) in [4.78, 5) is 0. The fourth-order valence-corrected chi connectivity index (χ4v) is 2.40. The van der Waals surface area contributed by atoms with Crippen molar-refractivity contribution in [2.24, 2.45) is 5.92 Å². The molecule has 0 radical (unpaired) electrons. The third-order valence-corrected chi connectivity index (χ3v) is 3.81. The molecule has 0 spiro atoms. The fraction of sp³-hybridized carbons (Fsp3) is 0.375. The van der Waals surface area contributed by atoms with Crippen molar-refractivity contribution in [3.05, 3.63) is 53.5 Å². The van der Waals surface area contributed by atoms with Crippen LogP contribution in [0.1, 0.15) is 36.3 Å². The number of furan rings is 1. The molecular formula is C16H16F3NO. The molecular weight excluding hydrogens is 279 g/mol. The fourth-order valence-electron chi connectivity index (χ4n) is 2.40. The van der Waals surface area contributed by atoms with E-state index in [2.05, 4.69) is 12.2 Å². The Kier molecular flexibility index (Phi) is 3.43. The Labute approximate surface area is 121 Å². The summed E-state index contributed by atoms with van der Waals surface area (Å²) in [7, 11) is 0. The van der Waals surface area contributed by atoms with Gasteiger partial charge in [0.2, 0.25) is 0 Å². The van der Waals surface area contributed by atoms with E-state index in [4.69, 9.17) is 4.42 Å². The molecule has 1 aromatic carbocycles. The maximum absolute atomic E-state index is 12.6. The van der Waals surface area contributed by atoms with Gasteiger partial charge in [-0.05, 0) is 42.7 Å². The van der Waals surface area contributed by atoms with Crippen LogP contribution in [0, 0.1) is 5.92 Å². The van der Waals surface area contributed by atoms with Crippen LogP contribution in [0.3, 0.4) is 0 Å². The molecule has 2 aromatic rings. The first-order chi connectivity index (χ1) is 9.93. The topological polar surface area (TPSA) is 25.2 Å². The predicted molar refractivity (Wildman–Crippen MR) is 74.0 cm³/mol. The molecule has 1 heterocycles. The number of hydrogen-bond acceptors (Lipinski definition) is 2. The van der Waals surface area contributed by atoms with Crippen molar-refractivity contribution in [3.63, 3.8) is 0 Å². The first-order valence-corrected chi connectivity index (χ1v) is 6.93. The highest BCUT2D eigenvalue weighted by Gasteiger charge is 2.36. The van der Waals surface area contributed by atoms with Gasteiger partial charge in [0.25, 0.3) is 0 Å². The van der Waals surface area contributed by atoms with Crippen molar-refractivity contribution in [1.29, 1.82) is 0 Å². The van der Waals surface area contributed by atoms with E-state index in [0.717, 1.165) is 30.1 Å². The highest BCUT2D eigenvalue weighted by Crippen LogP contribution is 2.47. The van der Waals surface area contributed by atoms with Crippen molar-refractivity contribution in [2.45, 2.75) is 32.0 Å². The molecule has 5 heteroatoms. The van der Waals surface area contributed by atoms with Gasteiger partial charge in [-0.3, -0.25) is 0 Å². The summed E-state index contributed by atoms with van der Waals surface area (Å²) in [6, 6.07) is 9.00. The van der Waals surface area contributed by atoms with Crippen LogP contribution in [0.25, 0.3) is 0 Å². The summed E-state index contributed by atoms with van der Waals surface area (Å²) in [5.74, 6) is 2.89. The normalized spacial score (nSPS) is 21.3. The Hall–Kier alpha value is -1.91. The summed E-state index contributed by atoms with van der Waals surface area (Å²) in [6.07, 6.45) is -3.17. The average Bonchev–Trinajstić information content (AvgIpc) is 2.99. The van der Waals surface area contributed by atoms with Gasteiger partial charge in [0.15, 0.2) is 0 Å². The van der Waals surface area contributed by atoms with Gasteiger partial charge in [0, 0.05) is 11.6 Å². The summed E-state index contributed by atoms with van der Waals surface area (Å²) in [5, 5.41) is 2.96. The zero-order valence-corrected chi connectivity index (χ0v) is 11.6. The second-order valence-corrected chi connectivity index (χ2v) is 5.56. The Morgan fingerprint density at radius 1 is 1.24 bits per heavy atom. The maximum Gasteiger partial charge on any atom is 0.416 e. The summed E-state index contributed by atoms with van der Waals surface area (Å²) in [5.41, 5.74) is -0.220. The largest absolute Gasteiger partial charge is 0.464 e. The van der Waals surface area contributed by atoms with E-state index >= 15 is 0 Å². The lowest BCUT2D eigenvalue weighted by molar-refractivity contribution is -0.137. The van der Waals surface area contributed by atoms with Gasteiger partial charge >= 0.3 is 6.18 Å². The summed E-state index contributed by atoms with van der Waals surface area (Å²) in [6.45, 7) is 2.55. The Morgan fingerprint density at radius 3 is 2.67 bits per heavy atom. The molecule has 2 nitrogen and oxygen atoms in total. The second-order valence-electron chi connectivity index (χ2n) is 5.56. The van der Waals surface area contributed by atoms with Crippen LogP contribution < -0.4 is 5.32 Å². The summed E-state index contributed by atoms with van der Waals surface area (Å²) >= 11 is 0. The molecule has 0 bridgehead atoms. The van der Waals surface area contributed by atoms with Crippen molar-refractivity contribution in [3.8, 4) is 0 Å². The number of benzene rings is 1. The lowest BCUT2D eigenvalue weighted by atomic mass is 10.2. The van der Waals surface area contributed by atoms with Gasteiger partial charge in [-0.25, -0.2) is 0 Å². The molecule has 0 saturated heterocycles. The highest BCUT2D eigenvalue weighted by molar-refractivity contribution is 5.46. The zero-order valence-electron chi connectivity index (χ0n) is 11.6. The molecule has 1 aliphatic carbocycles. The molecule has 0 amide bonds. The maximum atomic E-state index is 12.6. The number of anilines is 1. The SMILES string of the molecule is CC1CC1c1ccc(CNc2cccc(C(F)(F)F)c2)o1. The van der Waals surface area contributed by atoms with Gasteiger partial charge in [-0.15, -0.1) is 0 Å². The molecule has 3 rings (SSSR count). The van der Waals surface area contributed by atoms with Crippen molar-refractivity contribution < 1.29 is 17.6 Å². The Morgan fingerprint density at radius 2 is 2.00 bits per heavy atom. The molecule has 1 N–H and O–H groups in total. The van der Waals surface area contributed by atoms with E-state index in [0.29, 0.717) is 24.1 Å². The minimum absolute atomic E-state index is 0.377. The van der Waals surface area contributed by atoms with Crippen LogP contribution in [0.15, 0.2) is 40.8 Å². The van der Waals surface area contributed by atoms with Crippen LogP contribution in [0.4, 0.5) is 18.9 Å². The van der Waals surface area contributed by atoms with Gasteiger partial charge in [-0.1, -0.05) is 13.0 Å². The first-order valence-electron chi connectivity index (χ1n) is 6.93. The van der Waals surface area contributed by atoms with Crippen LogP contribution >= 0.6 is 0 Å². The number of rotatable bonds is 4. The van der Waals surface area contributed by atoms with E-state index in [1.54, 1.807) is 6.07 Å². The minimum atomic E-state index is -4.32. The van der Waals surface area contributed by atoms with Crippen molar-refractivity contribution >= 4 is 5.69 Å². The molecule has 1 saturated carbocycles. The smallest absolute Gasteiger partial charge is 0.416 e. The molecule has 1 aliphatic rings. The van der Waals surface area contributed by atoms with Crippen LogP contribution in [-0.2, 0) is 12.7 Å². The predicted octanol–water partition coefficient (Wildman–Crippen LogP) is 5.03. The molecule has 1 aromatic heterocycles. The van der Waals surface area contributed by atoms with Crippen molar-refractivity contribution in [2.75, 3.05) is 5.32 Å². The number of halogens is 3. The third kappa shape index (κ3) is 3.23. The third-order valence-electron chi connectivity index (χ3n) is 3.81. The monoisotopic (exact) mass is 295 g/mol. The molecule has 2 atom stereocenters. The standard InChI is InChI=1S/C16H16F3NO/c1-10-7-14(10)15-6-5-13(21-15)9-20-12-4-2-3-11(8-12)16(17,18)19/h2-6,8,10,14,20H,7,9H2,1H3. The van der Waals surface area contributed by atoms with E-state index in [1.165, 1.54) is 6.07 Å². The number of alkyl halides is 3. The van der Waals surface area contributed by atoms with Gasteiger partial charge < -0.3 is 9.73 Å². The van der Waals surface area contributed by atoms with Crippen LogP contribution in [0.2, 0.25) is 0 Å². The molecule has 112 valence electrons. The Balaban J connectivity index is 1.63. The average molecular weight is 295 g/mol. The zero-order chi connectivity index (χ0) is 15.0. The molecule has 2 unspecified atom stereocenters. The number of nitrogens with one attached hydrogen (secondary N) is 1. The molecule has 1 fully saturated rings. The lowest BCUT2D eigenvalue weighted by Crippen LogP contribution is -2.06.